The van der Waals surface area contributed by atoms with Gasteiger partial charge in [-0.2, -0.15) is 5.10 Å². The van der Waals surface area contributed by atoms with Crippen LogP contribution in [0.25, 0.3) is 0 Å². The predicted molar refractivity (Wildman–Crippen MR) is 73.2 cm³/mol. The van der Waals surface area contributed by atoms with Gasteiger partial charge < -0.3 is 11.1 Å². The van der Waals surface area contributed by atoms with E-state index in [0.29, 0.717) is 16.6 Å². The molecule has 1 amide bonds. The molecule has 1 aliphatic rings. The van der Waals surface area contributed by atoms with Gasteiger partial charge in [0.25, 0.3) is 5.91 Å². The van der Waals surface area contributed by atoms with Crippen molar-refractivity contribution in [3.8, 4) is 0 Å². The highest BCUT2D eigenvalue weighted by molar-refractivity contribution is 7.80. The molecule has 1 heterocycles. The van der Waals surface area contributed by atoms with Gasteiger partial charge in [0.1, 0.15) is 5.69 Å². The topological polar surface area (TPSA) is 83.8 Å². The maximum Gasteiger partial charge on any atom is 0.269 e. The fraction of sp³-hybridized carbons (Fsp3) is 0.583. The molecular weight excluding hydrogens is 248 g/mol. The van der Waals surface area contributed by atoms with Crippen molar-refractivity contribution >= 4 is 23.1 Å². The Balaban J connectivity index is 2.02. The van der Waals surface area contributed by atoms with Gasteiger partial charge in [0, 0.05) is 6.20 Å². The molecule has 0 radical (unpaired) electrons. The number of carbonyl (C=O) groups excluding carboxylic acids is 1. The van der Waals surface area contributed by atoms with Gasteiger partial charge in [-0.1, -0.05) is 31.5 Å². The molecule has 4 N–H and O–H groups in total. The number of aromatic nitrogens is 2. The van der Waals surface area contributed by atoms with Crippen LogP contribution in [0.3, 0.4) is 0 Å². The number of rotatable bonds is 4. The van der Waals surface area contributed by atoms with E-state index >= 15 is 0 Å². The predicted octanol–water partition coefficient (Wildman–Crippen LogP) is 1.37. The molecule has 18 heavy (non-hydrogen) atoms. The van der Waals surface area contributed by atoms with Gasteiger partial charge in [0.05, 0.1) is 11.0 Å². The zero-order valence-corrected chi connectivity index (χ0v) is 11.0. The van der Waals surface area contributed by atoms with Gasteiger partial charge in [0.2, 0.25) is 0 Å². The van der Waals surface area contributed by atoms with E-state index in [1.807, 2.05) is 0 Å². The second kappa shape index (κ2) is 5.95. The Labute approximate surface area is 112 Å². The molecule has 6 heteroatoms. The quantitative estimate of drug-likeness (QED) is 0.719. The zero-order valence-electron chi connectivity index (χ0n) is 10.2. The molecule has 0 bridgehead atoms. The van der Waals surface area contributed by atoms with Crippen LogP contribution in [0.5, 0.6) is 0 Å². The molecule has 98 valence electrons. The first-order chi connectivity index (χ1) is 8.68. The molecule has 0 spiro atoms. The summed E-state index contributed by atoms with van der Waals surface area (Å²) in [4.78, 5) is 12.3. The number of amides is 1. The van der Waals surface area contributed by atoms with Crippen LogP contribution < -0.4 is 11.1 Å². The van der Waals surface area contributed by atoms with E-state index in [1.54, 1.807) is 12.3 Å². The molecule has 1 aromatic heterocycles. The van der Waals surface area contributed by atoms with Crippen LogP contribution in [0.15, 0.2) is 12.3 Å². The van der Waals surface area contributed by atoms with Crippen molar-refractivity contribution in [1.82, 2.24) is 15.5 Å². The number of hydrogen-bond acceptors (Lipinski definition) is 3. The summed E-state index contributed by atoms with van der Waals surface area (Å²) in [6.07, 6.45) is 7.32. The Kier molecular flexibility index (Phi) is 4.30. The molecule has 1 fully saturated rings. The molecule has 5 nitrogen and oxygen atoms in total. The number of hydrogen-bond donors (Lipinski definition) is 3. The monoisotopic (exact) mass is 266 g/mol. The van der Waals surface area contributed by atoms with Crippen molar-refractivity contribution in [3.05, 3.63) is 18.0 Å². The molecule has 1 aliphatic carbocycles. The van der Waals surface area contributed by atoms with Crippen molar-refractivity contribution in [3.63, 3.8) is 0 Å². The first-order valence-electron chi connectivity index (χ1n) is 6.28. The first kappa shape index (κ1) is 13.0. The van der Waals surface area contributed by atoms with E-state index in [1.165, 1.54) is 19.3 Å². The Morgan fingerprint density at radius 1 is 1.50 bits per heavy atom. The van der Waals surface area contributed by atoms with Crippen LogP contribution in [0.2, 0.25) is 0 Å². The van der Waals surface area contributed by atoms with Crippen LogP contribution in [-0.4, -0.2) is 27.1 Å². The fourth-order valence-electron chi connectivity index (χ4n) is 2.49. The van der Waals surface area contributed by atoms with Crippen LogP contribution in [0.4, 0.5) is 0 Å². The molecule has 1 unspecified atom stereocenters. The number of thiocarbonyl (C=S) groups is 1. The smallest absolute Gasteiger partial charge is 0.269 e. The van der Waals surface area contributed by atoms with Gasteiger partial charge in [-0.3, -0.25) is 9.89 Å². The van der Waals surface area contributed by atoms with Crippen LogP contribution in [0.1, 0.15) is 42.6 Å². The number of carbonyl (C=O) groups is 1. The van der Waals surface area contributed by atoms with Crippen LogP contribution in [-0.2, 0) is 0 Å². The highest BCUT2D eigenvalue weighted by Crippen LogP contribution is 2.26. The van der Waals surface area contributed by atoms with Gasteiger partial charge in [-0.25, -0.2) is 0 Å². The fourth-order valence-corrected chi connectivity index (χ4v) is 2.74. The summed E-state index contributed by atoms with van der Waals surface area (Å²) >= 11 is 5.08. The van der Waals surface area contributed by atoms with Crippen molar-refractivity contribution < 1.29 is 4.79 Å². The number of nitrogens with two attached hydrogens (primary N) is 1. The Hall–Kier alpha value is -1.43. The SMILES string of the molecule is NC(=S)C(NC(=O)c1ccn[nH]1)C1CCCCC1. The summed E-state index contributed by atoms with van der Waals surface area (Å²) in [7, 11) is 0. The van der Waals surface area contributed by atoms with Gasteiger partial charge in [-0.05, 0) is 24.8 Å². The highest BCUT2D eigenvalue weighted by Gasteiger charge is 2.27. The standard InChI is InChI=1S/C12H18N4OS/c13-11(18)10(8-4-2-1-3-5-8)15-12(17)9-6-7-14-16-9/h6-8,10H,1-5H2,(H2,13,18)(H,14,16)(H,15,17). The Morgan fingerprint density at radius 2 is 2.22 bits per heavy atom. The first-order valence-corrected chi connectivity index (χ1v) is 6.69. The minimum absolute atomic E-state index is 0.198. The lowest BCUT2D eigenvalue weighted by atomic mass is 9.84. The average molecular weight is 266 g/mol. The lowest BCUT2D eigenvalue weighted by Gasteiger charge is -2.30. The lowest BCUT2D eigenvalue weighted by molar-refractivity contribution is 0.0927. The van der Waals surface area contributed by atoms with Gasteiger partial charge in [0.15, 0.2) is 0 Å². The van der Waals surface area contributed by atoms with E-state index in [2.05, 4.69) is 15.5 Å². The summed E-state index contributed by atoms with van der Waals surface area (Å²) in [6.45, 7) is 0. The van der Waals surface area contributed by atoms with E-state index in [9.17, 15) is 4.79 Å². The molecule has 2 rings (SSSR count). The summed E-state index contributed by atoms with van der Waals surface area (Å²) in [5.74, 6) is 0.166. The minimum atomic E-state index is -0.212. The summed E-state index contributed by atoms with van der Waals surface area (Å²) < 4.78 is 0. The van der Waals surface area contributed by atoms with Gasteiger partial charge >= 0.3 is 0 Å². The summed E-state index contributed by atoms with van der Waals surface area (Å²) in [5.41, 5.74) is 6.20. The van der Waals surface area contributed by atoms with E-state index < -0.39 is 0 Å². The third kappa shape index (κ3) is 3.07. The molecule has 0 saturated heterocycles. The molecule has 1 saturated carbocycles. The van der Waals surface area contributed by atoms with Gasteiger partial charge in [-0.15, -0.1) is 0 Å². The van der Waals surface area contributed by atoms with E-state index in [0.717, 1.165) is 12.8 Å². The molecule has 0 aromatic carbocycles. The van der Waals surface area contributed by atoms with Crippen molar-refractivity contribution in [2.45, 2.75) is 38.1 Å². The maximum atomic E-state index is 12.0. The zero-order chi connectivity index (χ0) is 13.0. The van der Waals surface area contributed by atoms with E-state index in [4.69, 9.17) is 18.0 Å². The molecule has 1 aromatic rings. The second-order valence-corrected chi connectivity index (χ2v) is 5.19. The third-order valence-electron chi connectivity index (χ3n) is 3.46. The maximum absolute atomic E-state index is 12.0. The van der Waals surface area contributed by atoms with Crippen molar-refractivity contribution in [2.24, 2.45) is 11.7 Å². The number of nitrogens with one attached hydrogen (secondary N) is 2. The number of nitrogens with zero attached hydrogens (tertiary/aromatic N) is 1. The average Bonchev–Trinajstić information content (AvgIpc) is 2.90. The summed E-state index contributed by atoms with van der Waals surface area (Å²) in [5, 5.41) is 9.31. The third-order valence-corrected chi connectivity index (χ3v) is 3.71. The van der Waals surface area contributed by atoms with Crippen molar-refractivity contribution in [1.29, 1.82) is 0 Å². The summed E-state index contributed by atoms with van der Waals surface area (Å²) in [6, 6.07) is 1.42. The molecule has 1 atom stereocenters. The number of aromatic amines is 1. The normalized spacial score (nSPS) is 18.2. The van der Waals surface area contributed by atoms with Crippen LogP contribution >= 0.6 is 12.2 Å². The van der Waals surface area contributed by atoms with Crippen molar-refractivity contribution in [2.75, 3.05) is 0 Å². The second-order valence-electron chi connectivity index (χ2n) is 4.72. The van der Waals surface area contributed by atoms with Crippen LogP contribution in [0, 0.1) is 5.92 Å². The molecular formula is C12H18N4OS. The van der Waals surface area contributed by atoms with E-state index in [-0.39, 0.29) is 11.9 Å². The molecule has 0 aliphatic heterocycles. The highest BCUT2D eigenvalue weighted by atomic mass is 32.1. The minimum Gasteiger partial charge on any atom is -0.392 e. The Morgan fingerprint density at radius 3 is 2.78 bits per heavy atom. The largest absolute Gasteiger partial charge is 0.392 e. The lowest BCUT2D eigenvalue weighted by Crippen LogP contribution is -2.48. The Bertz CT molecular complexity index is 412. The number of H-pyrrole nitrogens is 1.